The highest BCUT2D eigenvalue weighted by molar-refractivity contribution is 6.30. The Bertz CT molecular complexity index is 793. The second-order valence-electron chi connectivity index (χ2n) is 5.10. The Hall–Kier alpha value is -2.73. The van der Waals surface area contributed by atoms with Crippen LogP contribution in [0.4, 0.5) is 21.8 Å². The second kappa shape index (κ2) is 7.70. The van der Waals surface area contributed by atoms with E-state index in [4.69, 9.17) is 11.6 Å². The van der Waals surface area contributed by atoms with Crippen molar-refractivity contribution in [2.45, 2.75) is 6.42 Å². The zero-order valence-corrected chi connectivity index (χ0v) is 13.5. The number of rotatable bonds is 6. The first-order valence-corrected chi connectivity index (χ1v) is 7.77. The third-order valence-corrected chi connectivity index (χ3v) is 3.54. The molecule has 0 atom stereocenters. The van der Waals surface area contributed by atoms with Gasteiger partial charge in [-0.05, 0) is 48.4 Å². The van der Waals surface area contributed by atoms with Crippen LogP contribution in [0.25, 0.3) is 0 Å². The third-order valence-electron chi connectivity index (χ3n) is 3.29. The van der Waals surface area contributed by atoms with E-state index < -0.39 is 0 Å². The average Bonchev–Trinajstić information content (AvgIpc) is 2.59. The van der Waals surface area contributed by atoms with Crippen molar-refractivity contribution in [3.05, 3.63) is 71.1 Å². The van der Waals surface area contributed by atoms with Gasteiger partial charge in [-0.3, -0.25) is 0 Å². The first-order valence-electron chi connectivity index (χ1n) is 7.40. The molecule has 0 aliphatic heterocycles. The van der Waals surface area contributed by atoms with E-state index in [1.165, 1.54) is 12.1 Å². The Morgan fingerprint density at radius 2 is 1.75 bits per heavy atom. The lowest BCUT2D eigenvalue weighted by molar-refractivity contribution is 0.627. The number of halogens is 2. The Kier molecular flexibility index (Phi) is 5.18. The number of nitrogens with zero attached hydrogens (tertiary/aromatic N) is 3. The van der Waals surface area contributed by atoms with Gasteiger partial charge < -0.3 is 10.6 Å². The lowest BCUT2D eigenvalue weighted by atomic mass is 10.1. The first kappa shape index (κ1) is 16.1. The second-order valence-corrected chi connectivity index (χ2v) is 5.54. The number of hydrogen-bond donors (Lipinski definition) is 2. The lowest BCUT2D eigenvalue weighted by Gasteiger charge is -2.08. The molecule has 2 N–H and O–H groups in total. The summed E-state index contributed by atoms with van der Waals surface area (Å²) in [7, 11) is 0. The van der Waals surface area contributed by atoms with Gasteiger partial charge in [0.25, 0.3) is 0 Å². The van der Waals surface area contributed by atoms with Gasteiger partial charge in [-0.1, -0.05) is 23.7 Å². The summed E-state index contributed by atoms with van der Waals surface area (Å²) in [5.41, 5.74) is 1.89. The lowest BCUT2D eigenvalue weighted by Crippen LogP contribution is -2.09. The zero-order chi connectivity index (χ0) is 16.8. The molecule has 122 valence electrons. The van der Waals surface area contributed by atoms with Gasteiger partial charge in [-0.15, -0.1) is 5.10 Å². The fourth-order valence-electron chi connectivity index (χ4n) is 2.09. The van der Waals surface area contributed by atoms with E-state index in [1.54, 1.807) is 30.5 Å². The Labute approximate surface area is 143 Å². The van der Waals surface area contributed by atoms with Crippen molar-refractivity contribution in [3.8, 4) is 0 Å². The minimum Gasteiger partial charge on any atom is -0.353 e. The SMILES string of the molecule is Fc1ccc(CCNc2nncc(Nc3ccc(Cl)cc3)n2)cc1. The summed E-state index contributed by atoms with van der Waals surface area (Å²) in [5, 5.41) is 14.8. The van der Waals surface area contributed by atoms with E-state index in [1.807, 2.05) is 12.1 Å². The van der Waals surface area contributed by atoms with E-state index in [-0.39, 0.29) is 5.82 Å². The van der Waals surface area contributed by atoms with Crippen molar-refractivity contribution >= 4 is 29.1 Å². The number of hydrogen-bond acceptors (Lipinski definition) is 5. The molecule has 24 heavy (non-hydrogen) atoms. The predicted octanol–water partition coefficient (Wildman–Crippen LogP) is 4.06. The zero-order valence-electron chi connectivity index (χ0n) is 12.7. The molecule has 3 aromatic rings. The van der Waals surface area contributed by atoms with Crippen LogP contribution in [0.3, 0.4) is 0 Å². The van der Waals surface area contributed by atoms with Crippen molar-refractivity contribution in [1.29, 1.82) is 0 Å². The molecule has 0 unspecified atom stereocenters. The summed E-state index contributed by atoms with van der Waals surface area (Å²) >= 11 is 5.86. The molecular weight excluding hydrogens is 329 g/mol. The fourth-order valence-corrected chi connectivity index (χ4v) is 2.22. The molecule has 0 radical (unpaired) electrons. The molecule has 0 saturated carbocycles. The van der Waals surface area contributed by atoms with E-state index in [9.17, 15) is 4.39 Å². The van der Waals surface area contributed by atoms with Crippen molar-refractivity contribution < 1.29 is 4.39 Å². The van der Waals surface area contributed by atoms with Gasteiger partial charge in [-0.2, -0.15) is 10.1 Å². The summed E-state index contributed by atoms with van der Waals surface area (Å²) in [4.78, 5) is 4.35. The van der Waals surface area contributed by atoms with Crippen molar-refractivity contribution in [2.75, 3.05) is 17.2 Å². The van der Waals surface area contributed by atoms with Gasteiger partial charge in [0.1, 0.15) is 5.82 Å². The normalized spacial score (nSPS) is 10.4. The molecule has 0 amide bonds. The molecule has 0 bridgehead atoms. The standard InChI is InChI=1S/C17H15ClFN5/c18-13-3-7-15(8-4-13)22-16-11-21-24-17(23-16)20-10-9-12-1-5-14(19)6-2-12/h1-8,11H,9-10H2,(H2,20,22,23,24). The summed E-state index contributed by atoms with van der Waals surface area (Å²) < 4.78 is 12.9. The Morgan fingerprint density at radius 1 is 1.00 bits per heavy atom. The molecule has 0 aliphatic rings. The Balaban J connectivity index is 1.56. The molecule has 2 aromatic carbocycles. The van der Waals surface area contributed by atoms with Gasteiger partial charge in [0.05, 0.1) is 6.20 Å². The highest BCUT2D eigenvalue weighted by atomic mass is 35.5. The van der Waals surface area contributed by atoms with Crippen molar-refractivity contribution in [2.24, 2.45) is 0 Å². The molecule has 5 nitrogen and oxygen atoms in total. The van der Waals surface area contributed by atoms with Crippen LogP contribution in [0.2, 0.25) is 5.02 Å². The van der Waals surface area contributed by atoms with Crippen LogP contribution >= 0.6 is 11.6 Å². The maximum Gasteiger partial charge on any atom is 0.244 e. The predicted molar refractivity (Wildman–Crippen MR) is 93.2 cm³/mol. The summed E-state index contributed by atoms with van der Waals surface area (Å²) in [6.45, 7) is 0.623. The molecule has 0 aliphatic carbocycles. The maximum atomic E-state index is 12.9. The number of anilines is 3. The first-order chi connectivity index (χ1) is 11.7. The van der Waals surface area contributed by atoms with Crippen LogP contribution in [0.15, 0.2) is 54.7 Å². The molecule has 1 aromatic heterocycles. The molecule has 3 rings (SSSR count). The van der Waals surface area contributed by atoms with Gasteiger partial charge in [0.15, 0.2) is 5.82 Å². The van der Waals surface area contributed by atoms with E-state index in [0.29, 0.717) is 23.3 Å². The molecule has 0 saturated heterocycles. The van der Waals surface area contributed by atoms with Crippen LogP contribution < -0.4 is 10.6 Å². The van der Waals surface area contributed by atoms with Crippen molar-refractivity contribution in [1.82, 2.24) is 15.2 Å². The minimum absolute atomic E-state index is 0.236. The monoisotopic (exact) mass is 343 g/mol. The van der Waals surface area contributed by atoms with Gasteiger partial charge in [0, 0.05) is 17.3 Å². The van der Waals surface area contributed by atoms with Crippen molar-refractivity contribution in [3.63, 3.8) is 0 Å². The van der Waals surface area contributed by atoms with Gasteiger partial charge >= 0.3 is 0 Å². The fraction of sp³-hybridized carbons (Fsp3) is 0.118. The van der Waals surface area contributed by atoms with Gasteiger partial charge in [0.2, 0.25) is 5.95 Å². The molecule has 1 heterocycles. The van der Waals surface area contributed by atoms with Crippen LogP contribution in [0.1, 0.15) is 5.56 Å². The Morgan fingerprint density at radius 3 is 2.50 bits per heavy atom. The largest absolute Gasteiger partial charge is 0.353 e. The van der Waals surface area contributed by atoms with E-state index in [2.05, 4.69) is 25.8 Å². The van der Waals surface area contributed by atoms with Crippen LogP contribution in [0, 0.1) is 5.82 Å². The summed E-state index contributed by atoms with van der Waals surface area (Å²) in [6.07, 6.45) is 2.28. The summed E-state index contributed by atoms with van der Waals surface area (Å²) in [5.74, 6) is 0.771. The third kappa shape index (κ3) is 4.63. The molecule has 7 heteroatoms. The quantitative estimate of drug-likeness (QED) is 0.706. The topological polar surface area (TPSA) is 62.7 Å². The maximum absolute atomic E-state index is 12.9. The molecule has 0 spiro atoms. The summed E-state index contributed by atoms with van der Waals surface area (Å²) in [6, 6.07) is 13.7. The average molecular weight is 344 g/mol. The number of benzene rings is 2. The van der Waals surface area contributed by atoms with Crippen LogP contribution in [-0.2, 0) is 6.42 Å². The highest BCUT2D eigenvalue weighted by Gasteiger charge is 2.02. The molecular formula is C17H15ClFN5. The van der Waals surface area contributed by atoms with E-state index in [0.717, 1.165) is 17.7 Å². The van der Waals surface area contributed by atoms with Crippen LogP contribution in [-0.4, -0.2) is 21.7 Å². The number of aromatic nitrogens is 3. The highest BCUT2D eigenvalue weighted by Crippen LogP contribution is 2.17. The smallest absolute Gasteiger partial charge is 0.244 e. The van der Waals surface area contributed by atoms with Crippen LogP contribution in [0.5, 0.6) is 0 Å². The minimum atomic E-state index is -0.236. The van der Waals surface area contributed by atoms with E-state index >= 15 is 0 Å². The molecule has 0 fully saturated rings. The number of nitrogens with one attached hydrogen (secondary N) is 2. The van der Waals surface area contributed by atoms with Gasteiger partial charge in [-0.25, -0.2) is 4.39 Å².